The van der Waals surface area contributed by atoms with Crippen molar-refractivity contribution >= 4 is 0 Å². The second-order valence-corrected chi connectivity index (χ2v) is 7.38. The Morgan fingerprint density at radius 3 is 0.833 bits per heavy atom. The Kier molecular flexibility index (Phi) is 11.9. The number of aromatic nitrogens is 3. The summed E-state index contributed by atoms with van der Waals surface area (Å²) in [6, 6.07) is 0. The summed E-state index contributed by atoms with van der Waals surface area (Å²) < 4.78 is 3.72. The molecular weight excluding hydrogens is 384 g/mol. The largest absolute Gasteiger partial charge is 0.336 e. The van der Waals surface area contributed by atoms with Gasteiger partial charge in [0.15, 0.2) is 0 Å². The third kappa shape index (κ3) is 6.92. The maximum atomic E-state index is 13.1. The Bertz CT molecular complexity index is 650. The van der Waals surface area contributed by atoms with Crippen molar-refractivity contribution in [2.75, 3.05) is 58.9 Å². The molecule has 0 spiro atoms. The highest BCUT2D eigenvalue weighted by Gasteiger charge is 2.17. The van der Waals surface area contributed by atoms with E-state index in [4.69, 9.17) is 0 Å². The maximum absolute atomic E-state index is 13.1. The molecular formula is C21H42N6O3. The van der Waals surface area contributed by atoms with E-state index in [1.54, 1.807) is 0 Å². The van der Waals surface area contributed by atoms with Crippen molar-refractivity contribution in [1.29, 1.82) is 0 Å². The van der Waals surface area contributed by atoms with Crippen LogP contribution in [0.5, 0.6) is 0 Å². The van der Waals surface area contributed by atoms with E-state index in [0.29, 0.717) is 19.6 Å². The molecule has 1 heterocycles. The molecule has 0 saturated carbocycles. The summed E-state index contributed by atoms with van der Waals surface area (Å²) in [6.45, 7) is 20.1. The van der Waals surface area contributed by atoms with Crippen LogP contribution in [0.1, 0.15) is 41.5 Å². The molecule has 0 aliphatic rings. The molecule has 9 nitrogen and oxygen atoms in total. The monoisotopic (exact) mass is 426 g/mol. The second kappa shape index (κ2) is 13.6. The van der Waals surface area contributed by atoms with Crippen LogP contribution in [0.15, 0.2) is 14.4 Å². The second-order valence-electron chi connectivity index (χ2n) is 7.38. The van der Waals surface area contributed by atoms with Crippen molar-refractivity contribution in [3.8, 4) is 0 Å². The van der Waals surface area contributed by atoms with Gasteiger partial charge in [-0.05, 0) is 39.3 Å². The lowest BCUT2D eigenvalue weighted by Crippen LogP contribution is -2.56. The van der Waals surface area contributed by atoms with Gasteiger partial charge >= 0.3 is 17.1 Å². The maximum Gasteiger partial charge on any atom is 0.336 e. The average molecular weight is 427 g/mol. The third-order valence-electron chi connectivity index (χ3n) is 5.99. The summed E-state index contributed by atoms with van der Waals surface area (Å²) in [5.41, 5.74) is -1.49. The van der Waals surface area contributed by atoms with Gasteiger partial charge in [-0.1, -0.05) is 41.5 Å². The number of likely N-dealkylation sites (N-methyl/N-ethyl adjacent to an activating group) is 3. The standard InChI is InChI=1S/C21H42N6O3/c1-7-22(8-2)13-16-25-19(28)26(17-14-23(9-3)10-4)21(30)27(20(25)29)18-15-24(11-5)12-6/h7-18H2,1-6H3. The highest BCUT2D eigenvalue weighted by Crippen LogP contribution is 1.91. The fraction of sp³-hybridized carbons (Fsp3) is 0.857. The first-order valence-electron chi connectivity index (χ1n) is 11.5. The lowest BCUT2D eigenvalue weighted by atomic mass is 10.4. The van der Waals surface area contributed by atoms with Crippen LogP contribution in [-0.4, -0.2) is 87.3 Å². The van der Waals surface area contributed by atoms with E-state index in [1.807, 2.05) is 0 Å². The van der Waals surface area contributed by atoms with Crippen LogP contribution >= 0.6 is 0 Å². The van der Waals surface area contributed by atoms with Gasteiger partial charge in [-0.15, -0.1) is 0 Å². The van der Waals surface area contributed by atoms with Crippen LogP contribution in [-0.2, 0) is 19.6 Å². The van der Waals surface area contributed by atoms with Gasteiger partial charge in [0.1, 0.15) is 0 Å². The highest BCUT2D eigenvalue weighted by atomic mass is 16.2. The van der Waals surface area contributed by atoms with E-state index in [2.05, 4.69) is 56.2 Å². The predicted octanol–water partition coefficient (Wildman–Crippen LogP) is 0.197. The highest BCUT2D eigenvalue weighted by molar-refractivity contribution is 4.81. The zero-order valence-corrected chi connectivity index (χ0v) is 19.9. The van der Waals surface area contributed by atoms with E-state index in [-0.39, 0.29) is 19.6 Å². The molecule has 0 radical (unpaired) electrons. The first-order valence-corrected chi connectivity index (χ1v) is 11.5. The number of rotatable bonds is 15. The van der Waals surface area contributed by atoms with Crippen molar-refractivity contribution in [2.45, 2.75) is 61.2 Å². The lowest BCUT2D eigenvalue weighted by Gasteiger charge is -2.22. The van der Waals surface area contributed by atoms with Crippen molar-refractivity contribution in [2.24, 2.45) is 0 Å². The Hall–Kier alpha value is -1.71. The molecule has 174 valence electrons. The quantitative estimate of drug-likeness (QED) is 0.399. The molecule has 0 bridgehead atoms. The lowest BCUT2D eigenvalue weighted by molar-refractivity contribution is 0.259. The zero-order chi connectivity index (χ0) is 22.7. The van der Waals surface area contributed by atoms with Gasteiger partial charge < -0.3 is 14.7 Å². The van der Waals surface area contributed by atoms with E-state index in [1.165, 1.54) is 13.7 Å². The van der Waals surface area contributed by atoms with Crippen LogP contribution in [0.4, 0.5) is 0 Å². The fourth-order valence-electron chi connectivity index (χ4n) is 3.60. The normalized spacial score (nSPS) is 11.9. The van der Waals surface area contributed by atoms with Crippen molar-refractivity contribution in [3.63, 3.8) is 0 Å². The third-order valence-corrected chi connectivity index (χ3v) is 5.99. The van der Waals surface area contributed by atoms with Gasteiger partial charge in [-0.25, -0.2) is 28.1 Å². The summed E-state index contributed by atoms with van der Waals surface area (Å²) in [4.78, 5) is 45.7. The Morgan fingerprint density at radius 1 is 0.467 bits per heavy atom. The summed E-state index contributed by atoms with van der Waals surface area (Å²) in [5.74, 6) is 0. The Balaban J connectivity index is 3.35. The molecule has 0 aliphatic carbocycles. The first kappa shape index (κ1) is 26.3. The Morgan fingerprint density at radius 2 is 0.667 bits per heavy atom. The molecule has 0 N–H and O–H groups in total. The molecule has 9 heteroatoms. The minimum Gasteiger partial charge on any atom is -0.302 e. The SMILES string of the molecule is CCN(CC)CCn1c(=O)n(CCN(CC)CC)c(=O)n(CCN(CC)CC)c1=O. The van der Waals surface area contributed by atoms with E-state index in [9.17, 15) is 14.4 Å². The minimum absolute atomic E-state index is 0.288. The number of hydrogen-bond acceptors (Lipinski definition) is 6. The summed E-state index contributed by atoms with van der Waals surface area (Å²) in [7, 11) is 0. The van der Waals surface area contributed by atoms with Crippen LogP contribution in [0, 0.1) is 0 Å². The van der Waals surface area contributed by atoms with Gasteiger partial charge in [-0.2, -0.15) is 0 Å². The molecule has 0 aliphatic heterocycles. The Labute approximate surface area is 180 Å². The van der Waals surface area contributed by atoms with Crippen molar-refractivity contribution in [3.05, 3.63) is 31.5 Å². The van der Waals surface area contributed by atoms with Crippen LogP contribution in [0.3, 0.4) is 0 Å². The average Bonchev–Trinajstić information content (AvgIpc) is 2.76. The molecule has 30 heavy (non-hydrogen) atoms. The van der Waals surface area contributed by atoms with Crippen molar-refractivity contribution in [1.82, 2.24) is 28.4 Å². The van der Waals surface area contributed by atoms with Gasteiger partial charge in [-0.3, -0.25) is 0 Å². The number of hydrogen-bond donors (Lipinski definition) is 0. The minimum atomic E-state index is -0.497. The topological polar surface area (TPSA) is 75.7 Å². The molecule has 1 rings (SSSR count). The molecule has 0 aromatic carbocycles. The van der Waals surface area contributed by atoms with Crippen LogP contribution in [0.25, 0.3) is 0 Å². The van der Waals surface area contributed by atoms with Crippen LogP contribution < -0.4 is 17.1 Å². The molecule has 0 fully saturated rings. The summed E-state index contributed by atoms with van der Waals surface area (Å²) in [5, 5.41) is 0. The predicted molar refractivity (Wildman–Crippen MR) is 123 cm³/mol. The van der Waals surface area contributed by atoms with E-state index >= 15 is 0 Å². The molecule has 1 aromatic rings. The van der Waals surface area contributed by atoms with Gasteiger partial charge in [0.2, 0.25) is 0 Å². The molecule has 0 amide bonds. The fourth-order valence-corrected chi connectivity index (χ4v) is 3.60. The molecule has 1 aromatic heterocycles. The zero-order valence-electron chi connectivity index (χ0n) is 19.9. The number of nitrogens with zero attached hydrogens (tertiary/aromatic N) is 6. The van der Waals surface area contributed by atoms with E-state index < -0.39 is 17.1 Å². The van der Waals surface area contributed by atoms with Gasteiger partial charge in [0.05, 0.1) is 0 Å². The van der Waals surface area contributed by atoms with Crippen LogP contribution in [0.2, 0.25) is 0 Å². The van der Waals surface area contributed by atoms with E-state index in [0.717, 1.165) is 39.3 Å². The molecule has 0 atom stereocenters. The molecule has 0 unspecified atom stereocenters. The smallest absolute Gasteiger partial charge is 0.302 e. The van der Waals surface area contributed by atoms with Gasteiger partial charge in [0, 0.05) is 39.3 Å². The summed E-state index contributed by atoms with van der Waals surface area (Å²) >= 11 is 0. The van der Waals surface area contributed by atoms with Gasteiger partial charge in [0.25, 0.3) is 0 Å². The summed E-state index contributed by atoms with van der Waals surface area (Å²) in [6.07, 6.45) is 0. The molecule has 0 saturated heterocycles. The first-order chi connectivity index (χ1) is 14.4. The van der Waals surface area contributed by atoms with Crippen molar-refractivity contribution < 1.29 is 0 Å².